The standard InChI is InChI=1S/C28H20ClN3O4S/c29-20-9-10-25(22(14-20)18-5-4-6-19(13-18)28(34)35)36-12-11-32-17-31-24-16-30-26(15-23(24)27(32)33)37-21-7-2-1-3-8-21/h1-10,13-17H,11-12H2,(H,34,35). The molecule has 0 saturated carbocycles. The molecule has 0 aliphatic heterocycles. The number of hydrogen-bond acceptors (Lipinski definition) is 6. The molecule has 184 valence electrons. The molecule has 0 saturated heterocycles. The van der Waals surface area contributed by atoms with Gasteiger partial charge in [-0.2, -0.15) is 0 Å². The SMILES string of the molecule is O=C(O)c1cccc(-c2cc(Cl)ccc2OCCn2cnc3cnc(Sc4ccccc4)cc3c2=O)c1. The van der Waals surface area contributed by atoms with E-state index in [1.54, 1.807) is 48.7 Å². The van der Waals surface area contributed by atoms with Gasteiger partial charge in [0.25, 0.3) is 5.56 Å². The maximum absolute atomic E-state index is 13.2. The van der Waals surface area contributed by atoms with Crippen LogP contribution in [0.3, 0.4) is 0 Å². The molecule has 5 rings (SSSR count). The van der Waals surface area contributed by atoms with E-state index in [1.165, 1.54) is 28.7 Å². The fourth-order valence-electron chi connectivity index (χ4n) is 3.79. The van der Waals surface area contributed by atoms with Crippen molar-refractivity contribution >= 4 is 40.2 Å². The summed E-state index contributed by atoms with van der Waals surface area (Å²) < 4.78 is 7.51. The van der Waals surface area contributed by atoms with Crippen LogP contribution in [0.2, 0.25) is 5.02 Å². The molecule has 0 amide bonds. The first-order valence-electron chi connectivity index (χ1n) is 11.3. The zero-order valence-corrected chi connectivity index (χ0v) is 20.9. The smallest absolute Gasteiger partial charge is 0.335 e. The van der Waals surface area contributed by atoms with E-state index in [1.807, 2.05) is 30.3 Å². The molecule has 3 aromatic carbocycles. The second kappa shape index (κ2) is 10.9. The fraction of sp³-hybridized carbons (Fsp3) is 0.0714. The highest BCUT2D eigenvalue weighted by molar-refractivity contribution is 7.99. The van der Waals surface area contributed by atoms with Crippen molar-refractivity contribution in [1.29, 1.82) is 0 Å². The zero-order valence-electron chi connectivity index (χ0n) is 19.4. The summed E-state index contributed by atoms with van der Waals surface area (Å²) >= 11 is 7.68. The Kier molecular flexibility index (Phi) is 7.20. The lowest BCUT2D eigenvalue weighted by molar-refractivity contribution is 0.0697. The second-order valence-electron chi connectivity index (χ2n) is 8.07. The van der Waals surface area contributed by atoms with Crippen LogP contribution in [0.4, 0.5) is 0 Å². The number of pyridine rings is 1. The predicted octanol–water partition coefficient (Wildman–Crippen LogP) is 6.04. The molecule has 37 heavy (non-hydrogen) atoms. The molecule has 2 heterocycles. The number of fused-ring (bicyclic) bond motifs is 1. The summed E-state index contributed by atoms with van der Waals surface area (Å²) in [5.41, 5.74) is 1.83. The Bertz CT molecular complexity index is 1660. The van der Waals surface area contributed by atoms with Crippen LogP contribution in [-0.4, -0.2) is 32.2 Å². The molecule has 0 unspecified atom stereocenters. The van der Waals surface area contributed by atoms with Crippen molar-refractivity contribution in [2.24, 2.45) is 0 Å². The normalized spacial score (nSPS) is 10.9. The van der Waals surface area contributed by atoms with Crippen LogP contribution in [0.5, 0.6) is 5.75 Å². The Labute approximate surface area is 221 Å². The van der Waals surface area contributed by atoms with Crippen LogP contribution in [0.15, 0.2) is 106 Å². The highest BCUT2D eigenvalue weighted by Gasteiger charge is 2.12. The van der Waals surface area contributed by atoms with E-state index in [-0.39, 0.29) is 24.3 Å². The summed E-state index contributed by atoms with van der Waals surface area (Å²) in [5, 5.41) is 11.0. The number of halogens is 1. The minimum Gasteiger partial charge on any atom is -0.491 e. The van der Waals surface area contributed by atoms with Gasteiger partial charge >= 0.3 is 5.97 Å². The predicted molar refractivity (Wildman–Crippen MR) is 144 cm³/mol. The van der Waals surface area contributed by atoms with Gasteiger partial charge in [0.15, 0.2) is 0 Å². The lowest BCUT2D eigenvalue weighted by Crippen LogP contribution is -2.23. The van der Waals surface area contributed by atoms with Gasteiger partial charge in [-0.05, 0) is 54.1 Å². The van der Waals surface area contributed by atoms with E-state index in [4.69, 9.17) is 16.3 Å². The number of rotatable bonds is 8. The number of aromatic carboxylic acids is 1. The van der Waals surface area contributed by atoms with E-state index in [0.29, 0.717) is 37.8 Å². The number of aromatic nitrogens is 3. The number of carbonyl (C=O) groups is 1. The van der Waals surface area contributed by atoms with Gasteiger partial charge in [-0.1, -0.05) is 53.7 Å². The first-order valence-corrected chi connectivity index (χ1v) is 12.5. The van der Waals surface area contributed by atoms with Crippen LogP contribution >= 0.6 is 23.4 Å². The molecule has 5 aromatic rings. The first-order chi connectivity index (χ1) is 18.0. The van der Waals surface area contributed by atoms with Gasteiger partial charge in [0, 0.05) is 15.5 Å². The molecule has 1 N–H and O–H groups in total. The third-order valence-corrected chi connectivity index (χ3v) is 6.78. The van der Waals surface area contributed by atoms with Gasteiger partial charge in [-0.25, -0.2) is 14.8 Å². The maximum Gasteiger partial charge on any atom is 0.335 e. The van der Waals surface area contributed by atoms with Crippen LogP contribution in [0.25, 0.3) is 22.0 Å². The third kappa shape index (κ3) is 5.66. The van der Waals surface area contributed by atoms with Crippen molar-refractivity contribution in [3.05, 3.63) is 112 Å². The molecule has 0 atom stereocenters. The zero-order chi connectivity index (χ0) is 25.8. The van der Waals surface area contributed by atoms with Crippen LogP contribution in [0.1, 0.15) is 10.4 Å². The molecular weight excluding hydrogens is 510 g/mol. The highest BCUT2D eigenvalue weighted by atomic mass is 35.5. The topological polar surface area (TPSA) is 94.3 Å². The van der Waals surface area contributed by atoms with Gasteiger partial charge in [-0.3, -0.25) is 9.36 Å². The first kappa shape index (κ1) is 24.5. The Morgan fingerprint density at radius 2 is 1.84 bits per heavy atom. The molecule has 0 fully saturated rings. The molecule has 0 aliphatic rings. The Hall–Kier alpha value is -4.14. The molecule has 0 aliphatic carbocycles. The lowest BCUT2D eigenvalue weighted by Gasteiger charge is -2.14. The van der Waals surface area contributed by atoms with Crippen LogP contribution in [0, 0.1) is 0 Å². The van der Waals surface area contributed by atoms with Gasteiger partial charge in [-0.15, -0.1) is 0 Å². The summed E-state index contributed by atoms with van der Waals surface area (Å²) in [6.07, 6.45) is 3.09. The van der Waals surface area contributed by atoms with E-state index in [9.17, 15) is 14.7 Å². The van der Waals surface area contributed by atoms with E-state index in [2.05, 4.69) is 9.97 Å². The molecule has 0 radical (unpaired) electrons. The van der Waals surface area contributed by atoms with Crippen molar-refractivity contribution in [2.75, 3.05) is 6.61 Å². The summed E-state index contributed by atoms with van der Waals surface area (Å²) in [7, 11) is 0. The van der Waals surface area contributed by atoms with Crippen LogP contribution in [-0.2, 0) is 6.54 Å². The number of benzene rings is 3. The monoisotopic (exact) mass is 529 g/mol. The minimum atomic E-state index is -1.02. The van der Waals surface area contributed by atoms with Crippen molar-refractivity contribution in [3.63, 3.8) is 0 Å². The van der Waals surface area contributed by atoms with Gasteiger partial charge < -0.3 is 9.84 Å². The number of carboxylic acid groups (broad SMARTS) is 1. The average molecular weight is 530 g/mol. The van der Waals surface area contributed by atoms with Crippen molar-refractivity contribution in [3.8, 4) is 16.9 Å². The van der Waals surface area contributed by atoms with E-state index >= 15 is 0 Å². The number of carboxylic acids is 1. The van der Waals surface area contributed by atoms with Gasteiger partial charge in [0.2, 0.25) is 0 Å². The molecule has 7 nitrogen and oxygen atoms in total. The molecule has 2 aromatic heterocycles. The minimum absolute atomic E-state index is 0.163. The molecule has 0 bridgehead atoms. The molecule has 0 spiro atoms. The second-order valence-corrected chi connectivity index (χ2v) is 9.60. The number of ether oxygens (including phenoxy) is 1. The fourth-order valence-corrected chi connectivity index (χ4v) is 4.78. The quantitative estimate of drug-likeness (QED) is 0.262. The number of nitrogens with zero attached hydrogens (tertiary/aromatic N) is 3. The highest BCUT2D eigenvalue weighted by Crippen LogP contribution is 2.33. The molecular formula is C28H20ClN3O4S. The average Bonchev–Trinajstić information content (AvgIpc) is 2.91. The third-order valence-electron chi connectivity index (χ3n) is 5.60. The van der Waals surface area contributed by atoms with Crippen molar-refractivity contribution < 1.29 is 14.6 Å². The summed E-state index contributed by atoms with van der Waals surface area (Å²) in [6, 6.07) is 23.3. The largest absolute Gasteiger partial charge is 0.491 e. The van der Waals surface area contributed by atoms with Crippen molar-refractivity contribution in [2.45, 2.75) is 16.5 Å². The van der Waals surface area contributed by atoms with Crippen molar-refractivity contribution in [1.82, 2.24) is 14.5 Å². The Balaban J connectivity index is 1.36. The molecule has 9 heteroatoms. The maximum atomic E-state index is 13.2. The lowest BCUT2D eigenvalue weighted by atomic mass is 10.0. The van der Waals surface area contributed by atoms with Gasteiger partial charge in [0.1, 0.15) is 17.4 Å². The van der Waals surface area contributed by atoms with E-state index in [0.717, 1.165) is 4.90 Å². The van der Waals surface area contributed by atoms with E-state index < -0.39 is 5.97 Å². The van der Waals surface area contributed by atoms with Gasteiger partial charge in [0.05, 0.1) is 35.5 Å². The summed E-state index contributed by atoms with van der Waals surface area (Å²) in [6.45, 7) is 0.458. The Morgan fingerprint density at radius 1 is 1.00 bits per heavy atom. The summed E-state index contributed by atoms with van der Waals surface area (Å²) in [5.74, 6) is -0.491. The van der Waals surface area contributed by atoms with Crippen LogP contribution < -0.4 is 10.3 Å². The number of hydrogen-bond donors (Lipinski definition) is 1. The summed E-state index contributed by atoms with van der Waals surface area (Å²) in [4.78, 5) is 34.4. The Morgan fingerprint density at radius 3 is 2.65 bits per heavy atom.